The van der Waals surface area contributed by atoms with E-state index in [1.165, 1.54) is 34.8 Å². The number of hydrogen-bond donors (Lipinski definition) is 2. The minimum atomic E-state index is -3.78. The van der Waals surface area contributed by atoms with E-state index in [9.17, 15) is 22.4 Å². The van der Waals surface area contributed by atoms with Gasteiger partial charge in [-0.15, -0.1) is 0 Å². The minimum Gasteiger partial charge on any atom is -0.459 e. The second kappa shape index (κ2) is 8.50. The summed E-state index contributed by atoms with van der Waals surface area (Å²) in [4.78, 5) is 25.3. The maximum absolute atomic E-state index is 13.3. The molecule has 0 radical (unpaired) electrons. The van der Waals surface area contributed by atoms with Crippen molar-refractivity contribution in [3.63, 3.8) is 0 Å². The third-order valence-electron chi connectivity index (χ3n) is 4.19. The number of carbonyl (C=O) groups is 2. The summed E-state index contributed by atoms with van der Waals surface area (Å²) in [7, 11) is -3.78. The number of hydrogen-bond acceptors (Lipinski definition) is 6. The van der Waals surface area contributed by atoms with E-state index in [2.05, 4.69) is 10.9 Å². The molecule has 0 spiro atoms. The van der Waals surface area contributed by atoms with Crippen LogP contribution in [0, 0.1) is 5.82 Å². The van der Waals surface area contributed by atoms with E-state index in [0.717, 1.165) is 6.07 Å². The number of sulfonamides is 1. The van der Waals surface area contributed by atoms with Crippen molar-refractivity contribution < 1.29 is 26.8 Å². The highest BCUT2D eigenvalue weighted by Crippen LogP contribution is 2.18. The molecule has 3 rings (SSSR count). The minimum absolute atomic E-state index is 0.00765. The lowest BCUT2D eigenvalue weighted by atomic mass is 10.3. The van der Waals surface area contributed by atoms with E-state index in [4.69, 9.17) is 4.42 Å². The predicted octanol–water partition coefficient (Wildman–Crippen LogP) is 0.186. The average Bonchev–Trinajstić information content (AvgIpc) is 3.21. The molecular weight excluding hydrogens is 391 g/mol. The van der Waals surface area contributed by atoms with Crippen LogP contribution < -0.4 is 10.9 Å². The van der Waals surface area contributed by atoms with Crippen molar-refractivity contribution in [1.82, 2.24) is 20.1 Å². The molecule has 0 atom stereocenters. The Kier molecular flexibility index (Phi) is 6.07. The first-order valence-electron chi connectivity index (χ1n) is 8.47. The van der Waals surface area contributed by atoms with Gasteiger partial charge in [0.05, 0.1) is 17.7 Å². The summed E-state index contributed by atoms with van der Waals surface area (Å²) in [5.74, 6) is -1.57. The topological polar surface area (TPSA) is 112 Å². The van der Waals surface area contributed by atoms with E-state index < -0.39 is 27.7 Å². The summed E-state index contributed by atoms with van der Waals surface area (Å²) in [5, 5.41) is 0. The highest BCUT2D eigenvalue weighted by atomic mass is 32.2. The van der Waals surface area contributed by atoms with Crippen molar-refractivity contribution in [2.45, 2.75) is 4.90 Å². The van der Waals surface area contributed by atoms with Crippen molar-refractivity contribution in [3.8, 4) is 0 Å². The molecule has 9 nitrogen and oxygen atoms in total. The third kappa shape index (κ3) is 4.74. The number of piperazine rings is 1. The lowest BCUT2D eigenvalue weighted by Gasteiger charge is -2.33. The van der Waals surface area contributed by atoms with Crippen LogP contribution in [0.3, 0.4) is 0 Å². The molecule has 150 valence electrons. The van der Waals surface area contributed by atoms with Gasteiger partial charge in [-0.3, -0.25) is 25.3 Å². The number of benzene rings is 1. The first-order valence-corrected chi connectivity index (χ1v) is 9.91. The first kappa shape index (κ1) is 20.0. The van der Waals surface area contributed by atoms with E-state index in [0.29, 0.717) is 13.1 Å². The maximum Gasteiger partial charge on any atom is 0.305 e. The molecular formula is C17H19FN4O5S. The SMILES string of the molecule is O=C(CN1CCN(S(=O)(=O)c2cccc(F)c2)CC1)NNC(=O)c1ccco1. The molecule has 0 unspecified atom stereocenters. The Morgan fingerprint density at radius 3 is 2.46 bits per heavy atom. The Morgan fingerprint density at radius 1 is 1.07 bits per heavy atom. The van der Waals surface area contributed by atoms with Crippen molar-refractivity contribution in [3.05, 3.63) is 54.2 Å². The Balaban J connectivity index is 1.47. The van der Waals surface area contributed by atoms with Crippen LogP contribution in [0.2, 0.25) is 0 Å². The molecule has 28 heavy (non-hydrogen) atoms. The lowest BCUT2D eigenvalue weighted by Crippen LogP contribution is -2.52. The molecule has 2 heterocycles. The Bertz CT molecular complexity index is 940. The standard InChI is InChI=1S/C17H19FN4O5S/c18-13-3-1-4-14(11-13)28(25,26)22-8-6-21(7-9-22)12-16(23)19-20-17(24)15-5-2-10-27-15/h1-5,10-11H,6-9,12H2,(H,19,23)(H,20,24). The van der Waals surface area contributed by atoms with Crippen LogP contribution in [0.1, 0.15) is 10.6 Å². The Morgan fingerprint density at radius 2 is 1.82 bits per heavy atom. The highest BCUT2D eigenvalue weighted by molar-refractivity contribution is 7.89. The number of hydrazine groups is 1. The number of nitrogens with zero attached hydrogens (tertiary/aromatic N) is 2. The summed E-state index contributed by atoms with van der Waals surface area (Å²) >= 11 is 0. The average molecular weight is 410 g/mol. The van der Waals surface area contributed by atoms with Gasteiger partial charge in [0.15, 0.2) is 5.76 Å². The van der Waals surface area contributed by atoms with Crippen LogP contribution >= 0.6 is 0 Å². The summed E-state index contributed by atoms with van der Waals surface area (Å²) in [5.41, 5.74) is 4.51. The van der Waals surface area contributed by atoms with Gasteiger partial charge in [0, 0.05) is 26.2 Å². The van der Waals surface area contributed by atoms with Gasteiger partial charge in [-0.05, 0) is 30.3 Å². The first-order chi connectivity index (χ1) is 13.4. The molecule has 1 fully saturated rings. The van der Waals surface area contributed by atoms with E-state index in [1.807, 2.05) is 0 Å². The zero-order chi connectivity index (χ0) is 20.1. The molecule has 0 aliphatic carbocycles. The second-order valence-electron chi connectivity index (χ2n) is 6.12. The smallest absolute Gasteiger partial charge is 0.305 e. The molecule has 0 saturated carbocycles. The van der Waals surface area contributed by atoms with E-state index in [-0.39, 0.29) is 30.3 Å². The lowest BCUT2D eigenvalue weighted by molar-refractivity contribution is -0.123. The Labute approximate surface area is 161 Å². The number of rotatable bonds is 5. The largest absolute Gasteiger partial charge is 0.459 e. The summed E-state index contributed by atoms with van der Waals surface area (Å²) in [6.45, 7) is 0.990. The van der Waals surface area contributed by atoms with Crippen LogP contribution in [0.15, 0.2) is 52.0 Å². The quantitative estimate of drug-likeness (QED) is 0.681. The number of furan rings is 1. The van der Waals surface area contributed by atoms with Gasteiger partial charge in [-0.1, -0.05) is 6.07 Å². The van der Waals surface area contributed by atoms with Gasteiger partial charge in [-0.25, -0.2) is 12.8 Å². The summed E-state index contributed by atoms with van der Waals surface area (Å²) in [6.07, 6.45) is 1.34. The maximum atomic E-state index is 13.3. The number of amides is 2. The van der Waals surface area contributed by atoms with Crippen molar-refractivity contribution in [2.75, 3.05) is 32.7 Å². The molecule has 2 N–H and O–H groups in total. The fourth-order valence-electron chi connectivity index (χ4n) is 2.74. The summed E-state index contributed by atoms with van der Waals surface area (Å²) in [6, 6.07) is 7.87. The Hall–Kier alpha value is -2.76. The van der Waals surface area contributed by atoms with Crippen molar-refractivity contribution in [2.24, 2.45) is 0 Å². The predicted molar refractivity (Wildman–Crippen MR) is 95.9 cm³/mol. The van der Waals surface area contributed by atoms with Gasteiger partial charge in [0.1, 0.15) is 5.82 Å². The molecule has 1 aromatic carbocycles. The number of nitrogens with one attached hydrogen (secondary N) is 2. The van der Waals surface area contributed by atoms with Crippen LogP contribution in [-0.4, -0.2) is 62.2 Å². The fraction of sp³-hybridized carbons (Fsp3) is 0.294. The molecule has 1 aliphatic rings. The zero-order valence-corrected chi connectivity index (χ0v) is 15.6. The van der Waals surface area contributed by atoms with Gasteiger partial charge in [0.25, 0.3) is 5.91 Å². The van der Waals surface area contributed by atoms with Crippen molar-refractivity contribution in [1.29, 1.82) is 0 Å². The second-order valence-corrected chi connectivity index (χ2v) is 8.06. The van der Waals surface area contributed by atoms with Crippen LogP contribution in [0.5, 0.6) is 0 Å². The molecule has 1 aromatic heterocycles. The zero-order valence-electron chi connectivity index (χ0n) is 14.8. The molecule has 2 aromatic rings. The molecule has 2 amide bonds. The van der Waals surface area contributed by atoms with E-state index in [1.54, 1.807) is 11.0 Å². The van der Waals surface area contributed by atoms with Gasteiger partial charge >= 0.3 is 5.91 Å². The van der Waals surface area contributed by atoms with Gasteiger partial charge < -0.3 is 4.42 Å². The normalized spacial score (nSPS) is 15.9. The monoisotopic (exact) mass is 410 g/mol. The van der Waals surface area contributed by atoms with Crippen LogP contribution in [0.25, 0.3) is 0 Å². The highest BCUT2D eigenvalue weighted by Gasteiger charge is 2.29. The number of carbonyl (C=O) groups excluding carboxylic acids is 2. The molecule has 1 saturated heterocycles. The van der Waals surface area contributed by atoms with Crippen LogP contribution in [0.4, 0.5) is 4.39 Å². The van der Waals surface area contributed by atoms with Gasteiger partial charge in [-0.2, -0.15) is 4.31 Å². The molecule has 0 bridgehead atoms. The summed E-state index contributed by atoms with van der Waals surface area (Å²) < 4.78 is 44.6. The molecule has 1 aliphatic heterocycles. The number of halogens is 1. The fourth-order valence-corrected chi connectivity index (χ4v) is 4.20. The third-order valence-corrected chi connectivity index (χ3v) is 6.09. The van der Waals surface area contributed by atoms with Crippen LogP contribution in [-0.2, 0) is 14.8 Å². The van der Waals surface area contributed by atoms with E-state index >= 15 is 0 Å². The van der Waals surface area contributed by atoms with Gasteiger partial charge in [0.2, 0.25) is 10.0 Å². The van der Waals surface area contributed by atoms with Crippen molar-refractivity contribution >= 4 is 21.8 Å². The molecule has 11 heteroatoms.